The lowest BCUT2D eigenvalue weighted by molar-refractivity contribution is -0.136. The van der Waals surface area contributed by atoms with E-state index in [1.165, 1.54) is 27.6 Å². The topological polar surface area (TPSA) is 57.6 Å². The van der Waals surface area contributed by atoms with Crippen molar-refractivity contribution in [2.75, 3.05) is 4.90 Å². The number of hydrogen-bond acceptors (Lipinski definition) is 5. The summed E-state index contributed by atoms with van der Waals surface area (Å²) in [7, 11) is 0. The van der Waals surface area contributed by atoms with Crippen LogP contribution < -0.4 is 4.90 Å². The molecule has 0 radical (unpaired) electrons. The molecule has 0 saturated heterocycles. The van der Waals surface area contributed by atoms with Crippen LogP contribution in [0.15, 0.2) is 53.2 Å². The molecule has 1 amide bonds. The molecule has 2 aromatic heterocycles. The first-order chi connectivity index (χ1) is 12.5. The molecule has 0 spiro atoms. The van der Waals surface area contributed by atoms with Gasteiger partial charge in [-0.3, -0.25) is 9.59 Å². The third kappa shape index (κ3) is 2.89. The molecule has 1 atom stereocenters. The Bertz CT molecular complexity index is 969. The number of hydrogen-bond donors (Lipinski definition) is 1. The van der Waals surface area contributed by atoms with Crippen LogP contribution in [0.2, 0.25) is 5.02 Å². The molecule has 7 heteroatoms. The van der Waals surface area contributed by atoms with E-state index < -0.39 is 11.5 Å². The van der Waals surface area contributed by atoms with Crippen LogP contribution in [0.3, 0.4) is 0 Å². The number of nitrogens with zero attached hydrogens (tertiary/aromatic N) is 1. The first kappa shape index (κ1) is 17.4. The summed E-state index contributed by atoms with van der Waals surface area (Å²) in [5, 5.41) is 15.4. The van der Waals surface area contributed by atoms with Crippen LogP contribution in [0, 0.1) is 0 Å². The highest BCUT2D eigenvalue weighted by atomic mass is 35.5. The Morgan fingerprint density at radius 1 is 1.15 bits per heavy atom. The second kappa shape index (κ2) is 6.63. The average molecular weight is 404 g/mol. The Morgan fingerprint density at radius 2 is 1.92 bits per heavy atom. The predicted octanol–water partition coefficient (Wildman–Crippen LogP) is 4.47. The fraction of sp³-hybridized carbons (Fsp3) is 0.158. The maximum Gasteiger partial charge on any atom is 0.264 e. The fourth-order valence-corrected chi connectivity index (χ4v) is 4.69. The van der Waals surface area contributed by atoms with Crippen LogP contribution in [0.1, 0.15) is 26.5 Å². The molecule has 132 valence electrons. The van der Waals surface area contributed by atoms with E-state index in [4.69, 9.17) is 11.6 Å². The first-order valence-electron chi connectivity index (χ1n) is 7.92. The second-order valence-corrected chi connectivity index (χ2v) is 8.49. The molecule has 26 heavy (non-hydrogen) atoms. The standard InChI is InChI=1S/C19H14ClNO3S2/c20-12-5-6-15-14(9-12)19(24,10-16(22)17-4-2-8-26-17)18(23)21(15)11-13-3-1-7-25-13/h1-9,24H,10-11H2. The summed E-state index contributed by atoms with van der Waals surface area (Å²) in [5.41, 5.74) is -0.927. The van der Waals surface area contributed by atoms with Crippen molar-refractivity contribution in [1.29, 1.82) is 0 Å². The monoisotopic (exact) mass is 403 g/mol. The summed E-state index contributed by atoms with van der Waals surface area (Å²) in [4.78, 5) is 28.7. The lowest BCUT2D eigenvalue weighted by atomic mass is 9.89. The number of ketones is 1. The van der Waals surface area contributed by atoms with Gasteiger partial charge in [-0.25, -0.2) is 0 Å². The van der Waals surface area contributed by atoms with Gasteiger partial charge in [0.05, 0.1) is 23.5 Å². The van der Waals surface area contributed by atoms with Gasteiger partial charge >= 0.3 is 0 Å². The van der Waals surface area contributed by atoms with Crippen molar-refractivity contribution in [3.63, 3.8) is 0 Å². The maximum atomic E-state index is 13.1. The van der Waals surface area contributed by atoms with Gasteiger partial charge in [0.2, 0.25) is 0 Å². The first-order valence-corrected chi connectivity index (χ1v) is 10.1. The number of anilines is 1. The molecule has 0 fully saturated rings. The number of carbonyl (C=O) groups is 2. The van der Waals surface area contributed by atoms with Crippen LogP contribution in [0.5, 0.6) is 0 Å². The van der Waals surface area contributed by atoms with Crippen molar-refractivity contribution in [3.8, 4) is 0 Å². The van der Waals surface area contributed by atoms with Crippen LogP contribution in [0.4, 0.5) is 5.69 Å². The van der Waals surface area contributed by atoms with E-state index in [1.54, 1.807) is 35.7 Å². The van der Waals surface area contributed by atoms with Gasteiger partial charge < -0.3 is 10.0 Å². The second-order valence-electron chi connectivity index (χ2n) is 6.07. The largest absolute Gasteiger partial charge is 0.375 e. The number of thiophene rings is 2. The fourth-order valence-electron chi connectivity index (χ4n) is 3.17. The lowest BCUT2D eigenvalue weighted by Crippen LogP contribution is -2.41. The third-order valence-corrected chi connectivity index (χ3v) is 6.41. The summed E-state index contributed by atoms with van der Waals surface area (Å²) in [5.74, 6) is -0.757. The number of rotatable bonds is 5. The van der Waals surface area contributed by atoms with Crippen molar-refractivity contribution in [1.82, 2.24) is 0 Å². The average Bonchev–Trinajstić information content (AvgIpc) is 3.35. The van der Waals surface area contributed by atoms with Crippen molar-refractivity contribution < 1.29 is 14.7 Å². The minimum absolute atomic E-state index is 0.264. The lowest BCUT2D eigenvalue weighted by Gasteiger charge is -2.22. The SMILES string of the molecule is O=C(CC1(O)C(=O)N(Cc2cccs2)c2ccc(Cl)cc21)c1cccs1. The van der Waals surface area contributed by atoms with Crippen molar-refractivity contribution in [2.45, 2.75) is 18.6 Å². The Hall–Kier alpha value is -1.99. The van der Waals surface area contributed by atoms with Crippen molar-refractivity contribution >= 4 is 51.7 Å². The van der Waals surface area contributed by atoms with Crippen LogP contribution in [-0.2, 0) is 16.9 Å². The highest BCUT2D eigenvalue weighted by Crippen LogP contribution is 2.45. The molecule has 1 aliphatic rings. The van der Waals surface area contributed by atoms with Crippen LogP contribution >= 0.6 is 34.3 Å². The Labute approximate surface area is 163 Å². The molecule has 0 bridgehead atoms. The number of fused-ring (bicyclic) bond motifs is 1. The number of benzene rings is 1. The molecule has 1 aromatic carbocycles. The zero-order valence-corrected chi connectivity index (χ0v) is 15.9. The summed E-state index contributed by atoms with van der Waals surface area (Å²) in [6.07, 6.45) is -0.305. The summed E-state index contributed by atoms with van der Waals surface area (Å²) in [6, 6.07) is 12.3. The molecule has 0 aliphatic carbocycles. The zero-order valence-electron chi connectivity index (χ0n) is 13.5. The molecule has 3 heterocycles. The Morgan fingerprint density at radius 3 is 2.62 bits per heavy atom. The van der Waals surface area contributed by atoms with Gasteiger partial charge in [0, 0.05) is 15.5 Å². The summed E-state index contributed by atoms with van der Waals surface area (Å²) in [6.45, 7) is 0.348. The van der Waals surface area contributed by atoms with E-state index >= 15 is 0 Å². The minimum Gasteiger partial charge on any atom is -0.375 e. The molecule has 1 unspecified atom stereocenters. The van der Waals surface area contributed by atoms with Gasteiger partial charge in [-0.15, -0.1) is 22.7 Å². The van der Waals surface area contributed by atoms with E-state index in [-0.39, 0.29) is 12.2 Å². The Balaban J connectivity index is 1.74. The molecule has 1 N–H and O–H groups in total. The molecule has 1 aliphatic heterocycles. The smallest absolute Gasteiger partial charge is 0.264 e. The van der Waals surface area contributed by atoms with Crippen LogP contribution in [0.25, 0.3) is 0 Å². The van der Waals surface area contributed by atoms with E-state index in [0.29, 0.717) is 27.7 Å². The number of amides is 1. The van der Waals surface area contributed by atoms with Gasteiger partial charge in [-0.2, -0.15) is 0 Å². The molecular formula is C19H14ClNO3S2. The van der Waals surface area contributed by atoms with E-state index in [2.05, 4.69) is 0 Å². The highest BCUT2D eigenvalue weighted by Gasteiger charge is 2.51. The maximum absolute atomic E-state index is 13.1. The number of Topliss-reactive ketones (excluding diaryl/α,β-unsaturated/α-hetero) is 1. The van der Waals surface area contributed by atoms with Crippen LogP contribution in [-0.4, -0.2) is 16.8 Å². The molecule has 3 aromatic rings. The third-order valence-electron chi connectivity index (χ3n) is 4.40. The molecule has 4 nitrogen and oxygen atoms in total. The van der Waals surface area contributed by atoms with E-state index in [1.807, 2.05) is 17.5 Å². The molecular weight excluding hydrogens is 390 g/mol. The minimum atomic E-state index is -1.90. The van der Waals surface area contributed by atoms with Gasteiger partial charge in [0.1, 0.15) is 0 Å². The predicted molar refractivity (Wildman–Crippen MR) is 104 cm³/mol. The van der Waals surface area contributed by atoms with Gasteiger partial charge in [-0.1, -0.05) is 23.7 Å². The molecule has 0 saturated carbocycles. The van der Waals surface area contributed by atoms with Gasteiger partial charge in [0.15, 0.2) is 11.4 Å². The molecule has 4 rings (SSSR count). The summed E-state index contributed by atoms with van der Waals surface area (Å²) >= 11 is 8.93. The number of halogens is 1. The Kier molecular flexibility index (Phi) is 4.44. The highest BCUT2D eigenvalue weighted by molar-refractivity contribution is 7.12. The van der Waals surface area contributed by atoms with E-state index in [0.717, 1.165) is 4.88 Å². The number of aliphatic hydroxyl groups is 1. The van der Waals surface area contributed by atoms with E-state index in [9.17, 15) is 14.7 Å². The quantitative estimate of drug-likeness (QED) is 0.639. The van der Waals surface area contributed by atoms with Gasteiger partial charge in [0.25, 0.3) is 5.91 Å². The zero-order chi connectivity index (χ0) is 18.3. The van der Waals surface area contributed by atoms with Crippen molar-refractivity contribution in [2.24, 2.45) is 0 Å². The van der Waals surface area contributed by atoms with Gasteiger partial charge in [-0.05, 0) is 41.1 Å². The number of carbonyl (C=O) groups excluding carboxylic acids is 2. The summed E-state index contributed by atoms with van der Waals surface area (Å²) < 4.78 is 0. The normalized spacial score (nSPS) is 19.0. The van der Waals surface area contributed by atoms with Crippen molar-refractivity contribution in [3.05, 3.63) is 73.6 Å².